The first-order valence-corrected chi connectivity index (χ1v) is 8.05. The van der Waals surface area contributed by atoms with Crippen molar-refractivity contribution in [2.24, 2.45) is 11.3 Å². The van der Waals surface area contributed by atoms with Crippen molar-refractivity contribution in [1.82, 2.24) is 9.97 Å². The maximum absolute atomic E-state index is 4.67. The number of hydrogen-bond acceptors (Lipinski definition) is 4. The highest BCUT2D eigenvalue weighted by Gasteiger charge is 2.53. The summed E-state index contributed by atoms with van der Waals surface area (Å²) in [5.41, 5.74) is 1.58. The molecule has 110 valence electrons. The molecule has 0 unspecified atom stereocenters. The summed E-state index contributed by atoms with van der Waals surface area (Å²) < 4.78 is 0. The first-order valence-electron chi connectivity index (χ1n) is 8.05. The predicted octanol–water partition coefficient (Wildman–Crippen LogP) is 3.66. The minimum atomic E-state index is 0.574. The number of aromatic nitrogens is 2. The van der Waals surface area contributed by atoms with Crippen molar-refractivity contribution in [3.05, 3.63) is 24.3 Å². The molecule has 0 spiro atoms. The van der Waals surface area contributed by atoms with E-state index in [1.54, 1.807) is 0 Å². The molecular formula is C17H22N4. The van der Waals surface area contributed by atoms with Crippen molar-refractivity contribution in [3.8, 4) is 0 Å². The van der Waals surface area contributed by atoms with Gasteiger partial charge in [-0.15, -0.1) is 0 Å². The van der Waals surface area contributed by atoms with Crippen molar-refractivity contribution in [2.75, 3.05) is 23.7 Å². The second-order valence-electron chi connectivity index (χ2n) is 6.43. The van der Waals surface area contributed by atoms with E-state index in [2.05, 4.69) is 45.7 Å². The van der Waals surface area contributed by atoms with E-state index in [1.165, 1.54) is 25.7 Å². The van der Waals surface area contributed by atoms with Crippen LogP contribution in [0.5, 0.6) is 0 Å². The zero-order valence-electron chi connectivity index (χ0n) is 12.5. The molecule has 2 N–H and O–H groups in total. The number of para-hydroxylation sites is 1. The summed E-state index contributed by atoms with van der Waals surface area (Å²) >= 11 is 0. The van der Waals surface area contributed by atoms with Crippen molar-refractivity contribution in [3.63, 3.8) is 0 Å². The monoisotopic (exact) mass is 282 g/mol. The van der Waals surface area contributed by atoms with Gasteiger partial charge in [0.25, 0.3) is 0 Å². The van der Waals surface area contributed by atoms with Crippen LogP contribution >= 0.6 is 0 Å². The molecule has 1 aromatic heterocycles. The number of nitrogens with one attached hydrogen (secondary N) is 2. The zero-order chi connectivity index (χ0) is 14.3. The first kappa shape index (κ1) is 12.9. The lowest BCUT2D eigenvalue weighted by Crippen LogP contribution is -2.18. The topological polar surface area (TPSA) is 49.8 Å². The highest BCUT2D eigenvalue weighted by molar-refractivity contribution is 5.90. The Bertz CT molecular complexity index is 659. The third-order valence-corrected chi connectivity index (χ3v) is 4.88. The number of anilines is 2. The van der Waals surface area contributed by atoms with E-state index in [0.717, 1.165) is 41.7 Å². The first-order chi connectivity index (χ1) is 10.3. The molecule has 0 aliphatic heterocycles. The molecule has 0 radical (unpaired) electrons. The minimum Gasteiger partial charge on any atom is -0.369 e. The number of benzene rings is 1. The van der Waals surface area contributed by atoms with Crippen LogP contribution in [0.15, 0.2) is 24.3 Å². The second-order valence-corrected chi connectivity index (χ2v) is 6.43. The van der Waals surface area contributed by atoms with Crippen molar-refractivity contribution < 1.29 is 0 Å². The van der Waals surface area contributed by atoms with Crippen LogP contribution in [0.25, 0.3) is 10.9 Å². The van der Waals surface area contributed by atoms with E-state index in [-0.39, 0.29) is 0 Å². The summed E-state index contributed by atoms with van der Waals surface area (Å²) in [6.45, 7) is 3.96. The summed E-state index contributed by atoms with van der Waals surface area (Å²) in [5, 5.41) is 7.96. The van der Waals surface area contributed by atoms with Crippen LogP contribution in [0.3, 0.4) is 0 Å². The Labute approximate surface area is 125 Å². The Morgan fingerprint density at radius 3 is 2.67 bits per heavy atom. The third-order valence-electron chi connectivity index (χ3n) is 4.88. The fourth-order valence-corrected chi connectivity index (χ4v) is 3.29. The summed E-state index contributed by atoms with van der Waals surface area (Å²) in [6, 6.07) is 8.24. The molecule has 1 aromatic carbocycles. The molecule has 21 heavy (non-hydrogen) atoms. The summed E-state index contributed by atoms with van der Waals surface area (Å²) in [6.07, 6.45) is 5.62. The van der Waals surface area contributed by atoms with Gasteiger partial charge in [-0.2, -0.15) is 4.98 Å². The fraction of sp³-hybridized carbons (Fsp3) is 0.529. The van der Waals surface area contributed by atoms with Gasteiger partial charge in [0.2, 0.25) is 5.95 Å². The molecule has 2 saturated carbocycles. The molecule has 1 heterocycles. The Morgan fingerprint density at radius 1 is 1.14 bits per heavy atom. The van der Waals surface area contributed by atoms with E-state index >= 15 is 0 Å². The Kier molecular flexibility index (Phi) is 2.98. The molecule has 0 atom stereocenters. The van der Waals surface area contributed by atoms with Gasteiger partial charge in [-0.05, 0) is 56.1 Å². The average molecular weight is 282 g/mol. The van der Waals surface area contributed by atoms with Crippen molar-refractivity contribution >= 4 is 22.7 Å². The van der Waals surface area contributed by atoms with Crippen molar-refractivity contribution in [2.45, 2.75) is 32.6 Å². The molecule has 4 nitrogen and oxygen atoms in total. The van der Waals surface area contributed by atoms with Gasteiger partial charge < -0.3 is 10.6 Å². The average Bonchev–Trinajstić information content (AvgIpc) is 3.38. The van der Waals surface area contributed by atoms with Crippen LogP contribution in [0.2, 0.25) is 0 Å². The molecule has 0 bridgehead atoms. The third kappa shape index (κ3) is 2.43. The van der Waals surface area contributed by atoms with Crippen LogP contribution in [0.4, 0.5) is 11.8 Å². The van der Waals surface area contributed by atoms with E-state index in [0.29, 0.717) is 5.41 Å². The minimum absolute atomic E-state index is 0.574. The number of rotatable bonds is 6. The van der Waals surface area contributed by atoms with Gasteiger partial charge in [-0.25, -0.2) is 4.98 Å². The molecular weight excluding hydrogens is 260 g/mol. The van der Waals surface area contributed by atoms with Crippen molar-refractivity contribution in [1.29, 1.82) is 0 Å². The molecule has 0 saturated heterocycles. The lowest BCUT2D eigenvalue weighted by Gasteiger charge is -2.17. The van der Waals surface area contributed by atoms with Gasteiger partial charge in [-0.1, -0.05) is 12.1 Å². The normalized spacial score (nSPS) is 19.5. The van der Waals surface area contributed by atoms with E-state index in [9.17, 15) is 0 Å². The lowest BCUT2D eigenvalue weighted by molar-refractivity contribution is 0.466. The predicted molar refractivity (Wildman–Crippen MR) is 86.6 cm³/mol. The van der Waals surface area contributed by atoms with Crippen LogP contribution in [0.1, 0.15) is 32.6 Å². The zero-order valence-corrected chi connectivity index (χ0v) is 12.5. The molecule has 4 rings (SSSR count). The van der Waals surface area contributed by atoms with Gasteiger partial charge in [0.1, 0.15) is 5.82 Å². The Hall–Kier alpha value is -1.84. The molecule has 4 heteroatoms. The van der Waals surface area contributed by atoms with Crippen LogP contribution in [0, 0.1) is 11.3 Å². The Balaban J connectivity index is 1.62. The maximum atomic E-state index is 4.67. The number of nitrogens with zero attached hydrogens (tertiary/aromatic N) is 2. The van der Waals surface area contributed by atoms with E-state index in [4.69, 9.17) is 0 Å². The lowest BCUT2D eigenvalue weighted by atomic mass is 10.0. The van der Waals surface area contributed by atoms with Crippen LogP contribution in [-0.2, 0) is 0 Å². The SMILES string of the molecule is CCNc1nc(NCC2(C3CC3)CC2)c2ccccc2n1. The molecule has 2 aliphatic rings. The van der Waals surface area contributed by atoms with Gasteiger partial charge >= 0.3 is 0 Å². The van der Waals surface area contributed by atoms with E-state index < -0.39 is 0 Å². The standard InChI is InChI=1S/C17H22N4/c1-2-18-16-20-14-6-4-3-5-13(14)15(21-16)19-11-17(9-10-17)12-7-8-12/h3-6,12H,2,7-11H2,1H3,(H2,18,19,20,21). The van der Waals surface area contributed by atoms with Crippen LogP contribution in [-0.4, -0.2) is 23.1 Å². The maximum Gasteiger partial charge on any atom is 0.225 e. The summed E-state index contributed by atoms with van der Waals surface area (Å²) in [7, 11) is 0. The molecule has 2 fully saturated rings. The molecule has 2 aromatic rings. The highest BCUT2D eigenvalue weighted by Crippen LogP contribution is 2.61. The number of fused-ring (bicyclic) bond motifs is 1. The van der Waals surface area contributed by atoms with Gasteiger partial charge in [0.05, 0.1) is 5.52 Å². The highest BCUT2D eigenvalue weighted by atomic mass is 15.1. The van der Waals surface area contributed by atoms with Gasteiger partial charge in [0.15, 0.2) is 0 Å². The fourth-order valence-electron chi connectivity index (χ4n) is 3.29. The molecule has 2 aliphatic carbocycles. The Morgan fingerprint density at radius 2 is 1.95 bits per heavy atom. The largest absolute Gasteiger partial charge is 0.369 e. The van der Waals surface area contributed by atoms with Gasteiger partial charge in [0, 0.05) is 18.5 Å². The quantitative estimate of drug-likeness (QED) is 0.849. The second kappa shape index (κ2) is 4.86. The number of hydrogen-bond donors (Lipinski definition) is 2. The van der Waals surface area contributed by atoms with Crippen LogP contribution < -0.4 is 10.6 Å². The summed E-state index contributed by atoms with van der Waals surface area (Å²) in [4.78, 5) is 9.24. The summed E-state index contributed by atoms with van der Waals surface area (Å²) in [5.74, 6) is 2.66. The van der Waals surface area contributed by atoms with Gasteiger partial charge in [-0.3, -0.25) is 0 Å². The van der Waals surface area contributed by atoms with E-state index in [1.807, 2.05) is 6.07 Å². The smallest absolute Gasteiger partial charge is 0.225 e. The molecule has 0 amide bonds.